The van der Waals surface area contributed by atoms with Crippen molar-refractivity contribution >= 4 is 0 Å². The highest BCUT2D eigenvalue weighted by Crippen LogP contribution is 2.27. The lowest BCUT2D eigenvalue weighted by Crippen LogP contribution is -1.92. The van der Waals surface area contributed by atoms with Gasteiger partial charge in [0.2, 0.25) is 0 Å². The summed E-state index contributed by atoms with van der Waals surface area (Å²) in [6.45, 7) is 9.76. The van der Waals surface area contributed by atoms with Crippen LogP contribution >= 0.6 is 0 Å². The highest BCUT2D eigenvalue weighted by atomic mass is 16.7. The molecule has 0 atom stereocenters. The van der Waals surface area contributed by atoms with Gasteiger partial charge in [0.15, 0.2) is 0 Å². The summed E-state index contributed by atoms with van der Waals surface area (Å²) in [7, 11) is 0. The Kier molecular flexibility index (Phi) is 2.22. The van der Waals surface area contributed by atoms with Crippen LogP contribution in [0.2, 0.25) is 0 Å². The molecule has 0 saturated carbocycles. The SMILES string of the molecule is C=C1OC(C)=C(CC(C)C)O1. The van der Waals surface area contributed by atoms with Crippen LogP contribution in [0.4, 0.5) is 0 Å². The first kappa shape index (κ1) is 8.18. The first-order valence-electron chi connectivity index (χ1n) is 3.84. The minimum atomic E-state index is 0.401. The molecule has 0 N–H and O–H groups in total. The summed E-state index contributed by atoms with van der Waals surface area (Å²) in [6, 6.07) is 0. The molecule has 62 valence electrons. The second kappa shape index (κ2) is 2.99. The summed E-state index contributed by atoms with van der Waals surface area (Å²) < 4.78 is 10.4. The van der Waals surface area contributed by atoms with Crippen LogP contribution in [-0.2, 0) is 9.47 Å². The molecular formula is C9H14O2. The molecule has 0 aliphatic carbocycles. The van der Waals surface area contributed by atoms with E-state index in [1.54, 1.807) is 0 Å². The zero-order chi connectivity index (χ0) is 8.43. The second-order valence-electron chi connectivity index (χ2n) is 3.15. The molecule has 1 aliphatic heterocycles. The molecule has 2 nitrogen and oxygen atoms in total. The molecule has 0 aromatic carbocycles. The molecule has 0 saturated heterocycles. The van der Waals surface area contributed by atoms with Crippen LogP contribution in [0.5, 0.6) is 0 Å². The molecule has 0 amide bonds. The van der Waals surface area contributed by atoms with Gasteiger partial charge in [0.05, 0.1) is 0 Å². The lowest BCUT2D eigenvalue weighted by Gasteiger charge is -2.03. The maximum Gasteiger partial charge on any atom is 0.282 e. The zero-order valence-electron chi connectivity index (χ0n) is 7.31. The highest BCUT2D eigenvalue weighted by molar-refractivity contribution is 5.08. The van der Waals surface area contributed by atoms with Crippen molar-refractivity contribution in [3.8, 4) is 0 Å². The van der Waals surface area contributed by atoms with E-state index < -0.39 is 0 Å². The number of ether oxygens (including phenoxy) is 2. The van der Waals surface area contributed by atoms with Crippen LogP contribution in [0, 0.1) is 5.92 Å². The Labute approximate surface area is 67.5 Å². The molecule has 0 fully saturated rings. The molecule has 2 heteroatoms. The van der Waals surface area contributed by atoms with Gasteiger partial charge in [0, 0.05) is 6.42 Å². The van der Waals surface area contributed by atoms with Crippen molar-refractivity contribution in [2.24, 2.45) is 5.92 Å². The van der Waals surface area contributed by atoms with E-state index in [9.17, 15) is 0 Å². The fraction of sp³-hybridized carbons (Fsp3) is 0.556. The Bertz CT molecular complexity index is 202. The number of rotatable bonds is 2. The third-order valence-electron chi connectivity index (χ3n) is 1.49. The second-order valence-corrected chi connectivity index (χ2v) is 3.15. The lowest BCUT2D eigenvalue weighted by molar-refractivity contribution is 0.174. The van der Waals surface area contributed by atoms with Crippen molar-refractivity contribution in [1.29, 1.82) is 0 Å². The minimum Gasteiger partial charge on any atom is -0.428 e. The summed E-state index contributed by atoms with van der Waals surface area (Å²) in [5.41, 5.74) is 0. The molecule has 1 aliphatic rings. The van der Waals surface area contributed by atoms with Crippen LogP contribution in [0.1, 0.15) is 27.2 Å². The fourth-order valence-corrected chi connectivity index (χ4v) is 1.01. The van der Waals surface area contributed by atoms with E-state index >= 15 is 0 Å². The molecule has 1 rings (SSSR count). The van der Waals surface area contributed by atoms with Crippen molar-refractivity contribution < 1.29 is 9.47 Å². The standard InChI is InChI=1S/C9H14O2/c1-6(2)5-9-7(3)10-8(4)11-9/h6H,4-5H2,1-3H3. The van der Waals surface area contributed by atoms with E-state index in [0.29, 0.717) is 11.9 Å². The van der Waals surface area contributed by atoms with Crippen LogP contribution in [0.15, 0.2) is 24.0 Å². The van der Waals surface area contributed by atoms with Gasteiger partial charge in [-0.25, -0.2) is 0 Å². The van der Waals surface area contributed by atoms with Crippen molar-refractivity contribution in [2.45, 2.75) is 27.2 Å². The van der Waals surface area contributed by atoms with Crippen molar-refractivity contribution in [2.75, 3.05) is 0 Å². The van der Waals surface area contributed by atoms with E-state index in [2.05, 4.69) is 20.4 Å². The van der Waals surface area contributed by atoms with E-state index in [4.69, 9.17) is 9.47 Å². The minimum absolute atomic E-state index is 0.401. The monoisotopic (exact) mass is 154 g/mol. The van der Waals surface area contributed by atoms with E-state index in [1.165, 1.54) is 0 Å². The number of allylic oxidation sites excluding steroid dienone is 2. The lowest BCUT2D eigenvalue weighted by atomic mass is 10.1. The van der Waals surface area contributed by atoms with Crippen LogP contribution < -0.4 is 0 Å². The first-order valence-corrected chi connectivity index (χ1v) is 3.84. The maximum atomic E-state index is 5.25. The fourth-order valence-electron chi connectivity index (χ4n) is 1.01. The molecule has 0 radical (unpaired) electrons. The average Bonchev–Trinajstić information content (AvgIpc) is 2.09. The third-order valence-corrected chi connectivity index (χ3v) is 1.49. The zero-order valence-corrected chi connectivity index (χ0v) is 7.31. The molecule has 1 heterocycles. The summed E-state index contributed by atoms with van der Waals surface area (Å²) in [5, 5.41) is 0. The molecule has 0 unspecified atom stereocenters. The Morgan fingerprint density at radius 1 is 1.36 bits per heavy atom. The predicted octanol–water partition coefficient (Wildman–Crippen LogP) is 2.78. The van der Waals surface area contributed by atoms with Gasteiger partial charge >= 0.3 is 0 Å². The van der Waals surface area contributed by atoms with Gasteiger partial charge in [0.1, 0.15) is 11.5 Å². The van der Waals surface area contributed by atoms with Gasteiger partial charge in [-0.1, -0.05) is 13.8 Å². The Morgan fingerprint density at radius 3 is 2.36 bits per heavy atom. The van der Waals surface area contributed by atoms with Crippen molar-refractivity contribution in [1.82, 2.24) is 0 Å². The number of hydrogen-bond donors (Lipinski definition) is 0. The summed E-state index contributed by atoms with van der Waals surface area (Å²) in [4.78, 5) is 0. The molecule has 0 spiro atoms. The largest absolute Gasteiger partial charge is 0.428 e. The van der Waals surface area contributed by atoms with Crippen LogP contribution in [-0.4, -0.2) is 0 Å². The van der Waals surface area contributed by atoms with Crippen LogP contribution in [0.3, 0.4) is 0 Å². The van der Waals surface area contributed by atoms with Gasteiger partial charge in [-0.15, -0.1) is 0 Å². The van der Waals surface area contributed by atoms with Crippen LogP contribution in [0.25, 0.3) is 0 Å². The highest BCUT2D eigenvalue weighted by Gasteiger charge is 2.17. The Balaban J connectivity index is 2.57. The van der Waals surface area contributed by atoms with E-state index in [-0.39, 0.29) is 0 Å². The third kappa shape index (κ3) is 2.00. The summed E-state index contributed by atoms with van der Waals surface area (Å²) in [6.07, 6.45) is 0.921. The molecule has 0 bridgehead atoms. The summed E-state index contributed by atoms with van der Waals surface area (Å²) in [5.74, 6) is 2.77. The van der Waals surface area contributed by atoms with Gasteiger partial charge in [-0.05, 0) is 19.4 Å². The predicted molar refractivity (Wildman–Crippen MR) is 43.5 cm³/mol. The topological polar surface area (TPSA) is 18.5 Å². The quantitative estimate of drug-likeness (QED) is 0.609. The normalized spacial score (nSPS) is 17.3. The molecule has 0 aromatic heterocycles. The van der Waals surface area contributed by atoms with E-state index in [0.717, 1.165) is 17.9 Å². The molecular weight excluding hydrogens is 140 g/mol. The smallest absolute Gasteiger partial charge is 0.282 e. The molecule has 0 aromatic rings. The van der Waals surface area contributed by atoms with Crippen molar-refractivity contribution in [3.05, 3.63) is 24.0 Å². The Hall–Kier alpha value is -0.920. The maximum absolute atomic E-state index is 5.25. The van der Waals surface area contributed by atoms with Gasteiger partial charge in [-0.2, -0.15) is 0 Å². The molecule has 11 heavy (non-hydrogen) atoms. The summed E-state index contributed by atoms with van der Waals surface area (Å²) >= 11 is 0. The van der Waals surface area contributed by atoms with Gasteiger partial charge < -0.3 is 9.47 Å². The van der Waals surface area contributed by atoms with Gasteiger partial charge in [-0.3, -0.25) is 0 Å². The van der Waals surface area contributed by atoms with Crippen molar-refractivity contribution in [3.63, 3.8) is 0 Å². The first-order chi connectivity index (χ1) is 5.09. The average molecular weight is 154 g/mol. The Morgan fingerprint density at radius 2 is 2.00 bits per heavy atom. The van der Waals surface area contributed by atoms with Gasteiger partial charge in [0.25, 0.3) is 5.95 Å². The van der Waals surface area contributed by atoms with E-state index in [1.807, 2.05) is 6.92 Å². The number of hydrogen-bond acceptors (Lipinski definition) is 2.